The Morgan fingerprint density at radius 2 is 2.00 bits per heavy atom. The summed E-state index contributed by atoms with van der Waals surface area (Å²) < 4.78 is 18.5. The Balaban J connectivity index is 2.37. The van der Waals surface area contributed by atoms with Gasteiger partial charge < -0.3 is 9.84 Å². The lowest BCUT2D eigenvalue weighted by molar-refractivity contribution is 0.0688. The molecule has 6 heteroatoms. The molecule has 92 valence electrons. The Morgan fingerprint density at radius 1 is 1.33 bits per heavy atom. The van der Waals surface area contributed by atoms with E-state index in [9.17, 15) is 9.18 Å². The zero-order chi connectivity index (χ0) is 13.1. The molecule has 0 aliphatic carbocycles. The maximum absolute atomic E-state index is 13.4. The van der Waals surface area contributed by atoms with Crippen molar-refractivity contribution in [1.29, 1.82) is 0 Å². The van der Waals surface area contributed by atoms with Crippen molar-refractivity contribution in [2.45, 2.75) is 6.92 Å². The van der Waals surface area contributed by atoms with Crippen LogP contribution >= 0.6 is 0 Å². The molecule has 0 unspecified atom stereocenters. The van der Waals surface area contributed by atoms with Gasteiger partial charge in [-0.15, -0.1) is 0 Å². The number of ether oxygens (including phenoxy) is 1. The Hall–Kier alpha value is -2.50. The van der Waals surface area contributed by atoms with Gasteiger partial charge in [-0.25, -0.2) is 19.2 Å². The summed E-state index contributed by atoms with van der Waals surface area (Å²) >= 11 is 0. The zero-order valence-electron chi connectivity index (χ0n) is 9.42. The van der Waals surface area contributed by atoms with E-state index in [2.05, 4.69) is 9.97 Å². The molecule has 0 amide bonds. The molecule has 0 saturated heterocycles. The SMILES string of the molecule is Cc1cnc(Oc2cccc(F)c2C(=O)O)nc1. The van der Waals surface area contributed by atoms with Gasteiger partial charge in [-0.05, 0) is 24.6 Å². The van der Waals surface area contributed by atoms with Gasteiger partial charge in [-0.3, -0.25) is 0 Å². The number of aryl methyl sites for hydroxylation is 1. The maximum Gasteiger partial charge on any atom is 0.342 e. The summed E-state index contributed by atoms with van der Waals surface area (Å²) in [6.45, 7) is 1.80. The van der Waals surface area contributed by atoms with E-state index in [0.29, 0.717) is 0 Å². The third-order valence-corrected chi connectivity index (χ3v) is 2.15. The number of hydrogen-bond acceptors (Lipinski definition) is 4. The standard InChI is InChI=1S/C12H9FN2O3/c1-7-5-14-12(15-6-7)18-9-4-2-3-8(13)10(9)11(16)17/h2-6H,1H3,(H,16,17). The van der Waals surface area contributed by atoms with E-state index >= 15 is 0 Å². The van der Waals surface area contributed by atoms with Crippen LogP contribution in [0.25, 0.3) is 0 Å². The predicted molar refractivity (Wildman–Crippen MR) is 60.2 cm³/mol. The van der Waals surface area contributed by atoms with E-state index in [4.69, 9.17) is 9.84 Å². The number of nitrogens with zero attached hydrogens (tertiary/aromatic N) is 2. The first-order valence-electron chi connectivity index (χ1n) is 5.06. The summed E-state index contributed by atoms with van der Waals surface area (Å²) in [6.07, 6.45) is 3.03. The molecular formula is C12H9FN2O3. The number of benzene rings is 1. The highest BCUT2D eigenvalue weighted by Gasteiger charge is 2.17. The third kappa shape index (κ3) is 2.42. The van der Waals surface area contributed by atoms with E-state index in [1.54, 1.807) is 6.92 Å². The van der Waals surface area contributed by atoms with E-state index < -0.39 is 17.3 Å². The van der Waals surface area contributed by atoms with Gasteiger partial charge in [0.25, 0.3) is 0 Å². The van der Waals surface area contributed by atoms with Crippen LogP contribution in [0.3, 0.4) is 0 Å². The molecule has 2 aromatic rings. The van der Waals surface area contributed by atoms with Crippen LogP contribution in [0.15, 0.2) is 30.6 Å². The molecule has 0 radical (unpaired) electrons. The third-order valence-electron chi connectivity index (χ3n) is 2.15. The van der Waals surface area contributed by atoms with Crippen LogP contribution in [0, 0.1) is 12.7 Å². The second-order valence-corrected chi connectivity index (χ2v) is 3.56. The quantitative estimate of drug-likeness (QED) is 0.902. The van der Waals surface area contributed by atoms with Crippen LogP contribution in [0.2, 0.25) is 0 Å². The summed E-state index contributed by atoms with van der Waals surface area (Å²) in [5.41, 5.74) is 0.293. The number of carboxylic acids is 1. The number of aromatic carboxylic acids is 1. The largest absolute Gasteiger partial charge is 0.477 e. The molecule has 0 spiro atoms. The van der Waals surface area contributed by atoms with E-state index in [1.807, 2.05) is 0 Å². The molecule has 0 aliphatic rings. The first-order valence-corrected chi connectivity index (χ1v) is 5.06. The molecule has 0 bridgehead atoms. The zero-order valence-corrected chi connectivity index (χ0v) is 9.42. The number of rotatable bonds is 3. The van der Waals surface area contributed by atoms with Crippen LogP contribution < -0.4 is 4.74 Å². The van der Waals surface area contributed by atoms with Crippen LogP contribution in [0.5, 0.6) is 11.8 Å². The fraction of sp³-hybridized carbons (Fsp3) is 0.0833. The van der Waals surface area contributed by atoms with Gasteiger partial charge in [0.1, 0.15) is 17.1 Å². The van der Waals surface area contributed by atoms with Crippen LogP contribution in [0.1, 0.15) is 15.9 Å². The topological polar surface area (TPSA) is 72.3 Å². The lowest BCUT2D eigenvalue weighted by Gasteiger charge is -2.07. The van der Waals surface area contributed by atoms with Gasteiger partial charge in [0, 0.05) is 12.4 Å². The molecule has 0 saturated carbocycles. The number of hydrogen-bond donors (Lipinski definition) is 1. The van der Waals surface area contributed by atoms with Crippen LogP contribution in [-0.2, 0) is 0 Å². The molecule has 1 heterocycles. The maximum atomic E-state index is 13.4. The molecule has 0 aliphatic heterocycles. The Kier molecular flexibility index (Phi) is 3.18. The van der Waals surface area contributed by atoms with Crippen molar-refractivity contribution < 1.29 is 19.0 Å². The van der Waals surface area contributed by atoms with Crippen LogP contribution in [0.4, 0.5) is 4.39 Å². The average molecular weight is 248 g/mol. The van der Waals surface area contributed by atoms with Crippen molar-refractivity contribution in [2.75, 3.05) is 0 Å². The summed E-state index contributed by atoms with van der Waals surface area (Å²) in [7, 11) is 0. The number of carbonyl (C=O) groups is 1. The van der Waals surface area contributed by atoms with E-state index in [0.717, 1.165) is 11.6 Å². The highest BCUT2D eigenvalue weighted by Crippen LogP contribution is 2.25. The lowest BCUT2D eigenvalue weighted by atomic mass is 10.2. The monoisotopic (exact) mass is 248 g/mol. The number of carboxylic acid groups (broad SMARTS) is 1. The first kappa shape index (κ1) is 12.0. The Bertz CT molecular complexity index is 584. The number of aromatic nitrogens is 2. The van der Waals surface area contributed by atoms with E-state index in [-0.39, 0.29) is 11.8 Å². The van der Waals surface area contributed by atoms with Crippen LogP contribution in [-0.4, -0.2) is 21.0 Å². The molecular weight excluding hydrogens is 239 g/mol. The number of halogens is 1. The molecule has 2 rings (SSSR count). The van der Waals surface area contributed by atoms with Gasteiger partial charge in [0.15, 0.2) is 0 Å². The van der Waals surface area contributed by atoms with Crippen molar-refractivity contribution in [3.05, 3.63) is 47.5 Å². The normalized spacial score (nSPS) is 10.1. The lowest BCUT2D eigenvalue weighted by Crippen LogP contribution is -2.04. The van der Waals surface area contributed by atoms with Crippen molar-refractivity contribution in [3.63, 3.8) is 0 Å². The fourth-order valence-electron chi connectivity index (χ4n) is 1.33. The minimum atomic E-state index is -1.41. The highest BCUT2D eigenvalue weighted by molar-refractivity contribution is 5.91. The summed E-state index contributed by atoms with van der Waals surface area (Å²) in [4.78, 5) is 18.6. The average Bonchev–Trinajstić information content (AvgIpc) is 2.32. The smallest absolute Gasteiger partial charge is 0.342 e. The molecule has 1 aromatic carbocycles. The van der Waals surface area contributed by atoms with E-state index in [1.165, 1.54) is 24.5 Å². The van der Waals surface area contributed by atoms with Gasteiger partial charge in [0.2, 0.25) is 0 Å². The van der Waals surface area contributed by atoms with Gasteiger partial charge in [-0.2, -0.15) is 0 Å². The summed E-state index contributed by atoms with van der Waals surface area (Å²) in [5, 5.41) is 8.91. The fourth-order valence-corrected chi connectivity index (χ4v) is 1.33. The second kappa shape index (κ2) is 4.79. The van der Waals surface area contributed by atoms with Crippen molar-refractivity contribution in [3.8, 4) is 11.8 Å². The predicted octanol–water partition coefficient (Wildman–Crippen LogP) is 2.41. The Morgan fingerprint density at radius 3 is 2.61 bits per heavy atom. The molecule has 18 heavy (non-hydrogen) atoms. The van der Waals surface area contributed by atoms with Gasteiger partial charge >= 0.3 is 12.0 Å². The molecule has 0 atom stereocenters. The van der Waals surface area contributed by atoms with Crippen molar-refractivity contribution in [2.24, 2.45) is 0 Å². The molecule has 1 N–H and O–H groups in total. The van der Waals surface area contributed by atoms with Crippen molar-refractivity contribution >= 4 is 5.97 Å². The van der Waals surface area contributed by atoms with Crippen molar-refractivity contribution in [1.82, 2.24) is 9.97 Å². The minimum absolute atomic E-state index is 0.0336. The highest BCUT2D eigenvalue weighted by atomic mass is 19.1. The van der Waals surface area contributed by atoms with Gasteiger partial charge in [0.05, 0.1) is 0 Å². The molecule has 5 nitrogen and oxygen atoms in total. The summed E-state index contributed by atoms with van der Waals surface area (Å²) in [5.74, 6) is -2.41. The molecule has 0 fully saturated rings. The first-order chi connectivity index (χ1) is 8.58. The minimum Gasteiger partial charge on any atom is -0.477 e. The molecule has 1 aromatic heterocycles. The van der Waals surface area contributed by atoms with Gasteiger partial charge in [-0.1, -0.05) is 6.07 Å². The Labute approximate surface area is 102 Å². The second-order valence-electron chi connectivity index (χ2n) is 3.56. The summed E-state index contributed by atoms with van der Waals surface area (Å²) in [6, 6.07) is 3.71.